The molecule has 20 heavy (non-hydrogen) atoms. The lowest BCUT2D eigenvalue weighted by atomic mass is 10.0. The Bertz CT molecular complexity index is 492. The third kappa shape index (κ3) is 2.94. The van der Waals surface area contributed by atoms with Crippen LogP contribution in [0, 0.1) is 0 Å². The van der Waals surface area contributed by atoms with Gasteiger partial charge in [-0.25, -0.2) is 0 Å². The number of likely N-dealkylation sites (N-methyl/N-ethyl adjacent to an activating group) is 1. The molecule has 2 aliphatic rings. The average Bonchev–Trinajstić information content (AvgIpc) is 2.95. The quantitative estimate of drug-likeness (QED) is 0.789. The molecule has 1 heterocycles. The molecule has 1 saturated heterocycles. The van der Waals surface area contributed by atoms with Gasteiger partial charge in [-0.15, -0.1) is 0 Å². The molecule has 108 valence electrons. The summed E-state index contributed by atoms with van der Waals surface area (Å²) >= 11 is 0. The summed E-state index contributed by atoms with van der Waals surface area (Å²) in [6, 6.07) is 6.75. The molecule has 3 heteroatoms. The number of hydrogen-bond acceptors (Lipinski definition) is 3. The highest BCUT2D eigenvalue weighted by molar-refractivity contribution is 5.97. The lowest BCUT2D eigenvalue weighted by Gasteiger charge is -2.30. The first-order valence-corrected chi connectivity index (χ1v) is 7.67. The van der Waals surface area contributed by atoms with Gasteiger partial charge in [0.15, 0.2) is 5.78 Å². The number of rotatable bonds is 4. The molecule has 1 aliphatic heterocycles. The van der Waals surface area contributed by atoms with Gasteiger partial charge in [-0.1, -0.05) is 12.1 Å². The van der Waals surface area contributed by atoms with Crippen LogP contribution in [0.4, 0.5) is 0 Å². The van der Waals surface area contributed by atoms with Gasteiger partial charge in [0.25, 0.3) is 0 Å². The molecule has 0 saturated carbocycles. The summed E-state index contributed by atoms with van der Waals surface area (Å²) in [5.74, 6) is 0.244. The fraction of sp³-hybridized carbons (Fsp3) is 0.588. The van der Waals surface area contributed by atoms with Gasteiger partial charge in [-0.2, -0.15) is 0 Å². The van der Waals surface area contributed by atoms with Gasteiger partial charge in [-0.3, -0.25) is 9.69 Å². The first-order valence-electron chi connectivity index (χ1n) is 7.67. The predicted molar refractivity (Wildman–Crippen MR) is 79.3 cm³/mol. The van der Waals surface area contributed by atoms with Crippen LogP contribution in [0.3, 0.4) is 0 Å². The normalized spacial score (nSPS) is 19.3. The molecule has 1 fully saturated rings. The van der Waals surface area contributed by atoms with E-state index in [9.17, 15) is 4.79 Å². The van der Waals surface area contributed by atoms with E-state index < -0.39 is 0 Å². The minimum Gasteiger partial charge on any atom is -0.381 e. The van der Waals surface area contributed by atoms with Gasteiger partial charge in [0.2, 0.25) is 0 Å². The van der Waals surface area contributed by atoms with Crippen molar-refractivity contribution in [3.8, 4) is 0 Å². The van der Waals surface area contributed by atoms with E-state index in [-0.39, 0.29) is 5.78 Å². The van der Waals surface area contributed by atoms with Crippen LogP contribution in [0.1, 0.15) is 40.7 Å². The Morgan fingerprint density at radius 3 is 2.80 bits per heavy atom. The zero-order valence-corrected chi connectivity index (χ0v) is 12.2. The van der Waals surface area contributed by atoms with Crippen LogP contribution in [0.2, 0.25) is 0 Å². The van der Waals surface area contributed by atoms with E-state index in [1.54, 1.807) is 0 Å². The smallest absolute Gasteiger partial charge is 0.176 e. The molecular formula is C17H23NO2. The van der Waals surface area contributed by atoms with Crippen LogP contribution in [0.5, 0.6) is 0 Å². The van der Waals surface area contributed by atoms with Crippen molar-refractivity contribution in [3.63, 3.8) is 0 Å². The van der Waals surface area contributed by atoms with Crippen LogP contribution < -0.4 is 0 Å². The molecule has 1 aromatic rings. The Hall–Kier alpha value is -1.19. The summed E-state index contributed by atoms with van der Waals surface area (Å²) in [6.45, 7) is 2.16. The maximum atomic E-state index is 12.4. The maximum absolute atomic E-state index is 12.4. The Balaban J connectivity index is 1.63. The summed E-state index contributed by atoms with van der Waals surface area (Å²) in [5, 5.41) is 0. The first kappa shape index (κ1) is 13.8. The van der Waals surface area contributed by atoms with Gasteiger partial charge in [0, 0.05) is 24.8 Å². The van der Waals surface area contributed by atoms with E-state index in [1.807, 2.05) is 6.07 Å². The predicted octanol–water partition coefficient (Wildman–Crippen LogP) is 2.47. The molecule has 0 bridgehead atoms. The standard InChI is InChI=1S/C17H23NO2/c1-18(16-7-9-20-10-8-16)12-17(19)15-6-5-13-3-2-4-14(13)11-15/h5-6,11,16H,2-4,7-10,12H2,1H3. The topological polar surface area (TPSA) is 29.5 Å². The molecule has 0 radical (unpaired) electrons. The molecule has 0 spiro atoms. The number of fused-ring (bicyclic) bond motifs is 1. The van der Waals surface area contributed by atoms with Gasteiger partial charge in [0.05, 0.1) is 6.54 Å². The molecular weight excluding hydrogens is 250 g/mol. The maximum Gasteiger partial charge on any atom is 0.176 e. The van der Waals surface area contributed by atoms with Crippen molar-refractivity contribution in [2.45, 2.75) is 38.1 Å². The number of benzene rings is 1. The fourth-order valence-electron chi connectivity index (χ4n) is 3.32. The van der Waals surface area contributed by atoms with E-state index >= 15 is 0 Å². The number of carbonyl (C=O) groups excluding carboxylic acids is 1. The molecule has 1 aromatic carbocycles. The number of hydrogen-bond donors (Lipinski definition) is 0. The van der Waals surface area contributed by atoms with Crippen LogP contribution in [-0.4, -0.2) is 43.5 Å². The third-order valence-corrected chi connectivity index (χ3v) is 4.63. The highest BCUT2D eigenvalue weighted by Crippen LogP contribution is 2.23. The highest BCUT2D eigenvalue weighted by Gasteiger charge is 2.21. The molecule has 0 unspecified atom stereocenters. The molecule has 0 atom stereocenters. The zero-order valence-electron chi connectivity index (χ0n) is 12.2. The number of Topliss-reactive ketones (excluding diaryl/α,β-unsaturated/α-hetero) is 1. The number of carbonyl (C=O) groups is 1. The lowest BCUT2D eigenvalue weighted by molar-refractivity contribution is 0.0418. The number of nitrogens with zero attached hydrogens (tertiary/aromatic N) is 1. The summed E-state index contributed by atoms with van der Waals surface area (Å²) < 4.78 is 5.38. The first-order chi connectivity index (χ1) is 9.74. The molecule has 3 rings (SSSR count). The van der Waals surface area contributed by atoms with Gasteiger partial charge in [-0.05, 0) is 56.3 Å². The second-order valence-corrected chi connectivity index (χ2v) is 6.02. The Morgan fingerprint density at radius 2 is 2.00 bits per heavy atom. The Morgan fingerprint density at radius 1 is 1.25 bits per heavy atom. The Labute approximate surface area is 120 Å². The van der Waals surface area contributed by atoms with E-state index in [0.717, 1.165) is 38.0 Å². The fourth-order valence-corrected chi connectivity index (χ4v) is 3.32. The molecule has 0 amide bonds. The van der Waals surface area contributed by atoms with E-state index in [1.165, 1.54) is 24.0 Å². The van der Waals surface area contributed by atoms with Crippen molar-refractivity contribution < 1.29 is 9.53 Å². The SMILES string of the molecule is CN(CC(=O)c1ccc2c(c1)CCC2)C1CCOCC1. The zero-order chi connectivity index (χ0) is 13.9. The summed E-state index contributed by atoms with van der Waals surface area (Å²) in [7, 11) is 2.06. The van der Waals surface area contributed by atoms with E-state index in [4.69, 9.17) is 4.74 Å². The molecule has 0 aromatic heterocycles. The van der Waals surface area contributed by atoms with Crippen molar-refractivity contribution in [1.82, 2.24) is 4.90 Å². The van der Waals surface area contributed by atoms with Gasteiger partial charge in [0.1, 0.15) is 0 Å². The Kier molecular flexibility index (Phi) is 4.18. The third-order valence-electron chi connectivity index (χ3n) is 4.63. The lowest BCUT2D eigenvalue weighted by Crippen LogP contribution is -2.39. The van der Waals surface area contributed by atoms with Crippen molar-refractivity contribution in [3.05, 3.63) is 34.9 Å². The number of ketones is 1. The van der Waals surface area contributed by atoms with Crippen molar-refractivity contribution in [1.29, 1.82) is 0 Å². The van der Waals surface area contributed by atoms with Crippen molar-refractivity contribution >= 4 is 5.78 Å². The largest absolute Gasteiger partial charge is 0.381 e. The summed E-state index contributed by atoms with van der Waals surface area (Å²) in [4.78, 5) is 14.6. The minimum atomic E-state index is 0.244. The average molecular weight is 273 g/mol. The van der Waals surface area contributed by atoms with E-state index in [2.05, 4.69) is 24.1 Å². The summed E-state index contributed by atoms with van der Waals surface area (Å²) in [6.07, 6.45) is 5.61. The number of aryl methyl sites for hydroxylation is 2. The molecule has 1 aliphatic carbocycles. The van der Waals surface area contributed by atoms with Gasteiger partial charge < -0.3 is 4.74 Å². The number of ether oxygens (including phenoxy) is 1. The second kappa shape index (κ2) is 6.06. The molecule has 3 nitrogen and oxygen atoms in total. The second-order valence-electron chi connectivity index (χ2n) is 6.02. The van der Waals surface area contributed by atoms with Crippen molar-refractivity contribution in [2.75, 3.05) is 26.8 Å². The monoisotopic (exact) mass is 273 g/mol. The van der Waals surface area contributed by atoms with Gasteiger partial charge >= 0.3 is 0 Å². The van der Waals surface area contributed by atoms with Crippen molar-refractivity contribution in [2.24, 2.45) is 0 Å². The minimum absolute atomic E-state index is 0.244. The van der Waals surface area contributed by atoms with Crippen LogP contribution in [0.25, 0.3) is 0 Å². The molecule has 0 N–H and O–H groups in total. The van der Waals surface area contributed by atoms with E-state index in [0.29, 0.717) is 12.6 Å². The summed E-state index contributed by atoms with van der Waals surface area (Å²) in [5.41, 5.74) is 3.69. The van der Waals surface area contributed by atoms with Crippen LogP contribution in [0.15, 0.2) is 18.2 Å². The highest BCUT2D eigenvalue weighted by atomic mass is 16.5. The van der Waals surface area contributed by atoms with Crippen LogP contribution in [-0.2, 0) is 17.6 Å². The van der Waals surface area contributed by atoms with Crippen LogP contribution >= 0.6 is 0 Å².